The van der Waals surface area contributed by atoms with Crippen LogP contribution in [0.5, 0.6) is 5.75 Å². The summed E-state index contributed by atoms with van der Waals surface area (Å²) in [7, 11) is 0. The van der Waals surface area contributed by atoms with Crippen LogP contribution in [0.25, 0.3) is 0 Å². The summed E-state index contributed by atoms with van der Waals surface area (Å²) < 4.78 is 5.91. The largest absolute Gasteiger partial charge is 0.487 e. The molecule has 3 heterocycles. The SMILES string of the molecule is CC1c2ccsc2CCN1Cc1cccc(OCc2ccccn2)c1.Cl. The summed E-state index contributed by atoms with van der Waals surface area (Å²) in [4.78, 5) is 8.40. The second-order valence-corrected chi connectivity index (χ2v) is 7.45. The Hall–Kier alpha value is -1.88. The number of pyridine rings is 1. The van der Waals surface area contributed by atoms with Crippen LogP contribution in [0.3, 0.4) is 0 Å². The van der Waals surface area contributed by atoms with E-state index in [1.807, 2.05) is 35.6 Å². The number of ether oxygens (including phenoxy) is 1. The molecule has 1 aliphatic heterocycles. The van der Waals surface area contributed by atoms with Crippen molar-refractivity contribution in [2.24, 2.45) is 0 Å². The molecule has 0 fully saturated rings. The summed E-state index contributed by atoms with van der Waals surface area (Å²) in [5, 5.41) is 2.22. The molecule has 26 heavy (non-hydrogen) atoms. The highest BCUT2D eigenvalue weighted by molar-refractivity contribution is 7.10. The van der Waals surface area contributed by atoms with Gasteiger partial charge in [0.15, 0.2) is 0 Å². The first kappa shape index (κ1) is 18.9. The Morgan fingerprint density at radius 2 is 2.12 bits per heavy atom. The van der Waals surface area contributed by atoms with E-state index in [0.29, 0.717) is 12.6 Å². The van der Waals surface area contributed by atoms with Gasteiger partial charge in [-0.1, -0.05) is 18.2 Å². The van der Waals surface area contributed by atoms with Crippen LogP contribution in [-0.4, -0.2) is 16.4 Å². The zero-order valence-electron chi connectivity index (χ0n) is 14.8. The van der Waals surface area contributed by atoms with Crippen molar-refractivity contribution in [2.75, 3.05) is 6.54 Å². The topological polar surface area (TPSA) is 25.4 Å². The summed E-state index contributed by atoms with van der Waals surface area (Å²) in [6.45, 7) is 4.89. The highest BCUT2D eigenvalue weighted by atomic mass is 35.5. The predicted octanol–water partition coefficient (Wildman–Crippen LogP) is 5.26. The molecule has 0 radical (unpaired) electrons. The third-order valence-electron chi connectivity index (χ3n) is 4.80. The normalized spacial score (nSPS) is 16.6. The lowest BCUT2D eigenvalue weighted by Gasteiger charge is -2.33. The van der Waals surface area contributed by atoms with Crippen molar-refractivity contribution in [3.8, 4) is 5.75 Å². The Bertz CT molecular complexity index is 837. The predicted molar refractivity (Wildman–Crippen MR) is 109 cm³/mol. The molecule has 2 aromatic heterocycles. The summed E-state index contributed by atoms with van der Waals surface area (Å²) in [6.07, 6.45) is 2.96. The fourth-order valence-electron chi connectivity index (χ4n) is 3.39. The van der Waals surface area contributed by atoms with Crippen LogP contribution < -0.4 is 4.74 Å². The highest BCUT2D eigenvalue weighted by Crippen LogP contribution is 2.33. The number of hydrogen-bond donors (Lipinski definition) is 0. The van der Waals surface area contributed by atoms with Crippen molar-refractivity contribution in [2.45, 2.75) is 32.5 Å². The van der Waals surface area contributed by atoms with Gasteiger partial charge in [0, 0.05) is 30.2 Å². The first-order valence-electron chi connectivity index (χ1n) is 8.71. The van der Waals surface area contributed by atoms with E-state index in [0.717, 1.165) is 31.0 Å². The lowest BCUT2D eigenvalue weighted by Crippen LogP contribution is -2.32. The van der Waals surface area contributed by atoms with Gasteiger partial charge in [-0.2, -0.15) is 0 Å². The maximum atomic E-state index is 5.91. The number of hydrogen-bond acceptors (Lipinski definition) is 4. The molecular weight excluding hydrogens is 364 g/mol. The van der Waals surface area contributed by atoms with E-state index in [1.54, 1.807) is 11.1 Å². The van der Waals surface area contributed by atoms with Gasteiger partial charge in [-0.3, -0.25) is 9.88 Å². The third kappa shape index (κ3) is 4.26. The van der Waals surface area contributed by atoms with Crippen LogP contribution in [0.1, 0.15) is 34.7 Å². The van der Waals surface area contributed by atoms with Gasteiger partial charge >= 0.3 is 0 Å². The van der Waals surface area contributed by atoms with Crippen molar-refractivity contribution in [1.29, 1.82) is 0 Å². The number of fused-ring (bicyclic) bond motifs is 1. The Morgan fingerprint density at radius 3 is 2.96 bits per heavy atom. The number of benzene rings is 1. The number of nitrogens with zero attached hydrogens (tertiary/aromatic N) is 2. The molecule has 136 valence electrons. The molecule has 0 bridgehead atoms. The van der Waals surface area contributed by atoms with Gasteiger partial charge < -0.3 is 4.74 Å². The smallest absolute Gasteiger partial charge is 0.130 e. The van der Waals surface area contributed by atoms with Crippen LogP contribution in [-0.2, 0) is 19.6 Å². The van der Waals surface area contributed by atoms with Crippen LogP contribution in [0.4, 0.5) is 0 Å². The van der Waals surface area contributed by atoms with Crippen molar-refractivity contribution in [3.05, 3.63) is 81.8 Å². The van der Waals surface area contributed by atoms with Crippen molar-refractivity contribution < 1.29 is 4.74 Å². The quantitative estimate of drug-likeness (QED) is 0.597. The molecule has 0 saturated heterocycles. The molecule has 1 unspecified atom stereocenters. The molecule has 1 aliphatic rings. The summed E-state index contributed by atoms with van der Waals surface area (Å²) >= 11 is 1.89. The second kappa shape index (κ2) is 8.67. The van der Waals surface area contributed by atoms with Crippen LogP contribution in [0, 0.1) is 0 Å². The zero-order valence-corrected chi connectivity index (χ0v) is 16.4. The van der Waals surface area contributed by atoms with Gasteiger partial charge in [0.25, 0.3) is 0 Å². The second-order valence-electron chi connectivity index (χ2n) is 6.45. The monoisotopic (exact) mass is 386 g/mol. The molecule has 3 aromatic rings. The molecule has 0 saturated carbocycles. The fourth-order valence-corrected chi connectivity index (χ4v) is 4.35. The van der Waals surface area contributed by atoms with Crippen LogP contribution in [0.15, 0.2) is 60.1 Å². The number of thiophene rings is 1. The molecule has 1 aromatic carbocycles. The summed E-state index contributed by atoms with van der Waals surface area (Å²) in [6, 6.07) is 17.1. The maximum Gasteiger partial charge on any atom is 0.130 e. The molecule has 1 atom stereocenters. The molecule has 0 amide bonds. The Balaban J connectivity index is 0.00000196. The van der Waals surface area contributed by atoms with Gasteiger partial charge in [0.05, 0.1) is 5.69 Å². The number of halogens is 1. The summed E-state index contributed by atoms with van der Waals surface area (Å²) in [5.41, 5.74) is 3.74. The molecule has 0 aliphatic carbocycles. The van der Waals surface area contributed by atoms with Crippen molar-refractivity contribution in [3.63, 3.8) is 0 Å². The summed E-state index contributed by atoms with van der Waals surface area (Å²) in [5.74, 6) is 0.907. The maximum absolute atomic E-state index is 5.91. The van der Waals surface area contributed by atoms with Gasteiger partial charge in [-0.15, -0.1) is 23.7 Å². The molecule has 0 spiro atoms. The Labute approximate surface area is 165 Å². The number of rotatable bonds is 5. The fraction of sp³-hybridized carbons (Fsp3) is 0.286. The minimum absolute atomic E-state index is 0. The standard InChI is InChI=1S/C21H22N2OS.ClH/c1-16-20-9-12-25-21(20)8-11-23(16)14-17-5-4-7-19(13-17)24-15-18-6-2-3-10-22-18;/h2-7,9-10,12-13,16H,8,11,14-15H2,1H3;1H. The van der Waals surface area contributed by atoms with Crippen molar-refractivity contribution in [1.82, 2.24) is 9.88 Å². The van der Waals surface area contributed by atoms with Crippen LogP contribution >= 0.6 is 23.7 Å². The molecule has 4 rings (SSSR count). The highest BCUT2D eigenvalue weighted by Gasteiger charge is 2.24. The third-order valence-corrected chi connectivity index (χ3v) is 5.80. The minimum Gasteiger partial charge on any atom is -0.487 e. The van der Waals surface area contributed by atoms with Gasteiger partial charge in [-0.25, -0.2) is 0 Å². The van der Waals surface area contributed by atoms with E-state index in [1.165, 1.54) is 11.1 Å². The van der Waals surface area contributed by atoms with E-state index in [4.69, 9.17) is 4.74 Å². The first-order chi connectivity index (χ1) is 12.3. The lowest BCUT2D eigenvalue weighted by atomic mass is 10.0. The van der Waals surface area contributed by atoms with Crippen molar-refractivity contribution >= 4 is 23.7 Å². The van der Waals surface area contributed by atoms with Gasteiger partial charge in [0.1, 0.15) is 12.4 Å². The van der Waals surface area contributed by atoms with Crippen LogP contribution in [0.2, 0.25) is 0 Å². The molecule has 0 N–H and O–H groups in total. The van der Waals surface area contributed by atoms with E-state index in [9.17, 15) is 0 Å². The first-order valence-corrected chi connectivity index (χ1v) is 9.59. The lowest BCUT2D eigenvalue weighted by molar-refractivity contribution is 0.191. The van der Waals surface area contributed by atoms with E-state index < -0.39 is 0 Å². The number of aromatic nitrogens is 1. The van der Waals surface area contributed by atoms with E-state index in [2.05, 4.69) is 46.5 Å². The molecule has 5 heteroatoms. The van der Waals surface area contributed by atoms with E-state index >= 15 is 0 Å². The Kier molecular flexibility index (Phi) is 6.30. The van der Waals surface area contributed by atoms with E-state index in [-0.39, 0.29) is 12.4 Å². The molecular formula is C21H23ClN2OS. The average molecular weight is 387 g/mol. The zero-order chi connectivity index (χ0) is 17.1. The average Bonchev–Trinajstić information content (AvgIpc) is 3.13. The minimum atomic E-state index is 0. The Morgan fingerprint density at radius 1 is 1.19 bits per heavy atom. The van der Waals surface area contributed by atoms with Gasteiger partial charge in [-0.05, 0) is 60.2 Å². The molecule has 3 nitrogen and oxygen atoms in total. The van der Waals surface area contributed by atoms with Gasteiger partial charge in [0.2, 0.25) is 0 Å².